The van der Waals surface area contributed by atoms with E-state index in [0.717, 1.165) is 18.0 Å². The highest BCUT2D eigenvalue weighted by Gasteiger charge is 2.37. The molecule has 0 aromatic carbocycles. The molecule has 1 heterocycles. The Morgan fingerprint density at radius 3 is 2.07 bits per heavy atom. The van der Waals surface area contributed by atoms with E-state index in [9.17, 15) is 13.2 Å². The predicted octanol–water partition coefficient (Wildman–Crippen LogP) is 3.39. The Kier molecular flexibility index (Phi) is 3.28. The van der Waals surface area contributed by atoms with Crippen molar-refractivity contribution in [3.63, 3.8) is 0 Å². The highest BCUT2D eigenvalue weighted by Crippen LogP contribution is 2.38. The lowest BCUT2D eigenvalue weighted by Gasteiger charge is -2.18. The third-order valence-electron chi connectivity index (χ3n) is 1.34. The Labute approximate surface area is 90.3 Å². The first kappa shape index (κ1) is 12.3. The zero-order valence-corrected chi connectivity index (χ0v) is 9.41. The van der Waals surface area contributed by atoms with Gasteiger partial charge < -0.3 is 0 Å². The second kappa shape index (κ2) is 4.00. The lowest BCUT2D eigenvalue weighted by Crippen LogP contribution is -2.14. The van der Waals surface area contributed by atoms with Crippen molar-refractivity contribution < 1.29 is 13.2 Å². The Balaban J connectivity index is 3.08. The molecule has 0 saturated heterocycles. The fraction of sp³-hybridized carbons (Fsp3) is 0.556. The molecule has 0 saturated carbocycles. The normalized spacial score (nSPS) is 12.9. The topological polar surface area (TPSA) is 25.8 Å². The summed E-state index contributed by atoms with van der Waals surface area (Å²) in [6, 6.07) is 0. The van der Waals surface area contributed by atoms with E-state index >= 15 is 0 Å². The summed E-state index contributed by atoms with van der Waals surface area (Å²) in [6.07, 6.45) is -2.12. The van der Waals surface area contributed by atoms with Gasteiger partial charge in [0, 0.05) is 17.1 Å². The molecule has 0 N–H and O–H groups in total. The number of thioether (sulfide) groups is 1. The third-order valence-corrected chi connectivity index (χ3v) is 2.44. The number of hydrogen-bond donors (Lipinski definition) is 0. The molecule has 0 atom stereocenters. The summed E-state index contributed by atoms with van der Waals surface area (Å²) in [7, 11) is 0. The van der Waals surface area contributed by atoms with Crippen LogP contribution in [-0.2, 0) is 6.18 Å². The largest absolute Gasteiger partial charge is 0.436 e. The molecule has 0 spiro atoms. The van der Waals surface area contributed by atoms with Gasteiger partial charge in [0.25, 0.3) is 0 Å². The van der Waals surface area contributed by atoms with E-state index in [4.69, 9.17) is 0 Å². The first-order valence-corrected chi connectivity index (χ1v) is 5.09. The summed E-state index contributed by atoms with van der Waals surface area (Å²) in [4.78, 5) is 7.04. The summed E-state index contributed by atoms with van der Waals surface area (Å²) in [6.45, 7) is 5.48. The van der Waals surface area contributed by atoms with Crippen molar-refractivity contribution in [1.82, 2.24) is 9.97 Å². The Morgan fingerprint density at radius 2 is 1.60 bits per heavy atom. The quantitative estimate of drug-likeness (QED) is 0.699. The molecule has 0 amide bonds. The van der Waals surface area contributed by atoms with Crippen LogP contribution in [0.1, 0.15) is 26.5 Å². The summed E-state index contributed by atoms with van der Waals surface area (Å²) in [5.41, 5.74) is -0.912. The first-order valence-electron chi connectivity index (χ1n) is 4.27. The van der Waals surface area contributed by atoms with Gasteiger partial charge in [-0.05, 0) is 0 Å². The molecular formula is C9H11F3N2S. The van der Waals surface area contributed by atoms with E-state index in [1.165, 1.54) is 6.20 Å². The average Bonchev–Trinajstić information content (AvgIpc) is 1.99. The summed E-state index contributed by atoms with van der Waals surface area (Å²) < 4.78 is 37.2. The zero-order valence-electron chi connectivity index (χ0n) is 8.59. The van der Waals surface area contributed by atoms with E-state index in [1.807, 2.05) is 20.8 Å². The first-order chi connectivity index (χ1) is 6.70. The minimum Gasteiger partial charge on any atom is -0.248 e. The van der Waals surface area contributed by atoms with Crippen molar-refractivity contribution in [3.8, 4) is 0 Å². The fourth-order valence-electron chi connectivity index (χ4n) is 0.884. The standard InChI is InChI=1S/C9H11F3N2S/c1-8(2,3)15-7-6(9(10,11)12)13-4-5-14-7/h4-5H,1-3H3. The van der Waals surface area contributed by atoms with Crippen LogP contribution in [0.4, 0.5) is 13.2 Å². The van der Waals surface area contributed by atoms with Gasteiger partial charge in [-0.3, -0.25) is 0 Å². The molecule has 0 unspecified atom stereocenters. The van der Waals surface area contributed by atoms with Gasteiger partial charge in [0.05, 0.1) is 0 Å². The van der Waals surface area contributed by atoms with Gasteiger partial charge in [0.1, 0.15) is 5.03 Å². The molecule has 0 fully saturated rings. The van der Waals surface area contributed by atoms with Crippen LogP contribution in [0.5, 0.6) is 0 Å². The molecule has 0 aliphatic heterocycles. The molecule has 1 aromatic heterocycles. The molecular weight excluding hydrogens is 225 g/mol. The van der Waals surface area contributed by atoms with Crippen LogP contribution >= 0.6 is 11.8 Å². The lowest BCUT2D eigenvalue weighted by atomic mass is 10.3. The minimum atomic E-state index is -4.44. The minimum absolute atomic E-state index is 0.0718. The van der Waals surface area contributed by atoms with E-state index in [2.05, 4.69) is 9.97 Å². The number of alkyl halides is 3. The number of rotatable bonds is 1. The van der Waals surface area contributed by atoms with Crippen LogP contribution in [0.2, 0.25) is 0 Å². The van der Waals surface area contributed by atoms with Crippen molar-refractivity contribution in [2.24, 2.45) is 0 Å². The van der Waals surface area contributed by atoms with Gasteiger partial charge in [-0.15, -0.1) is 0 Å². The van der Waals surface area contributed by atoms with E-state index < -0.39 is 11.9 Å². The molecule has 1 aromatic rings. The molecule has 0 aliphatic carbocycles. The molecule has 15 heavy (non-hydrogen) atoms. The van der Waals surface area contributed by atoms with Crippen LogP contribution < -0.4 is 0 Å². The Morgan fingerprint density at radius 1 is 1.07 bits per heavy atom. The van der Waals surface area contributed by atoms with Gasteiger partial charge in [0.2, 0.25) is 0 Å². The molecule has 84 valence electrons. The van der Waals surface area contributed by atoms with Gasteiger partial charge in [-0.2, -0.15) is 13.2 Å². The van der Waals surface area contributed by atoms with Crippen molar-refractivity contribution in [2.45, 2.75) is 36.7 Å². The molecule has 1 rings (SSSR count). The zero-order chi connectivity index (χ0) is 11.7. The summed E-state index contributed by atoms with van der Waals surface area (Å²) >= 11 is 1.06. The predicted molar refractivity (Wildman–Crippen MR) is 52.6 cm³/mol. The maximum absolute atomic E-state index is 12.5. The number of halogens is 3. The summed E-state index contributed by atoms with van der Waals surface area (Å²) in [5.74, 6) is 0. The number of nitrogens with zero attached hydrogens (tertiary/aromatic N) is 2. The smallest absolute Gasteiger partial charge is 0.248 e. The molecule has 6 heteroatoms. The van der Waals surface area contributed by atoms with Crippen molar-refractivity contribution >= 4 is 11.8 Å². The second-order valence-corrected chi connectivity index (χ2v) is 5.74. The fourth-order valence-corrected chi connectivity index (χ4v) is 1.84. The van der Waals surface area contributed by atoms with Crippen molar-refractivity contribution in [3.05, 3.63) is 18.1 Å². The van der Waals surface area contributed by atoms with E-state index in [-0.39, 0.29) is 9.77 Å². The SMILES string of the molecule is CC(C)(C)Sc1nccnc1C(F)(F)F. The highest BCUT2D eigenvalue weighted by molar-refractivity contribution is 8.00. The molecule has 0 aliphatic rings. The van der Waals surface area contributed by atoms with Crippen LogP contribution in [-0.4, -0.2) is 14.7 Å². The molecule has 2 nitrogen and oxygen atoms in total. The molecule has 0 radical (unpaired) electrons. The van der Waals surface area contributed by atoms with Crippen LogP contribution in [0.15, 0.2) is 17.4 Å². The average molecular weight is 236 g/mol. The maximum Gasteiger partial charge on any atom is 0.436 e. The number of aromatic nitrogens is 2. The van der Waals surface area contributed by atoms with Crippen molar-refractivity contribution in [2.75, 3.05) is 0 Å². The van der Waals surface area contributed by atoms with Gasteiger partial charge >= 0.3 is 6.18 Å². The monoisotopic (exact) mass is 236 g/mol. The van der Waals surface area contributed by atoms with Gasteiger partial charge in [-0.25, -0.2) is 9.97 Å². The van der Waals surface area contributed by atoms with E-state index in [0.29, 0.717) is 0 Å². The van der Waals surface area contributed by atoms with Crippen LogP contribution in [0.3, 0.4) is 0 Å². The summed E-state index contributed by atoms with van der Waals surface area (Å²) in [5, 5.41) is -0.0718. The Bertz CT molecular complexity index is 344. The Hall–Kier alpha value is -0.780. The van der Waals surface area contributed by atoms with Gasteiger partial charge in [0.15, 0.2) is 5.69 Å². The van der Waals surface area contributed by atoms with Gasteiger partial charge in [-0.1, -0.05) is 32.5 Å². The highest BCUT2D eigenvalue weighted by atomic mass is 32.2. The van der Waals surface area contributed by atoms with Crippen molar-refractivity contribution in [1.29, 1.82) is 0 Å². The van der Waals surface area contributed by atoms with Crippen LogP contribution in [0, 0.1) is 0 Å². The second-order valence-electron chi connectivity index (χ2n) is 3.92. The van der Waals surface area contributed by atoms with E-state index in [1.54, 1.807) is 0 Å². The third kappa shape index (κ3) is 3.70. The number of hydrogen-bond acceptors (Lipinski definition) is 3. The molecule has 0 bridgehead atoms. The maximum atomic E-state index is 12.5. The lowest BCUT2D eigenvalue weighted by molar-refractivity contribution is -0.143. The van der Waals surface area contributed by atoms with Crippen LogP contribution in [0.25, 0.3) is 0 Å².